The zero-order valence-electron chi connectivity index (χ0n) is 16.0. The summed E-state index contributed by atoms with van der Waals surface area (Å²) in [6, 6.07) is 0. The topological polar surface area (TPSA) is 101 Å². The molecule has 5 aliphatic rings. The Morgan fingerprint density at radius 2 is 1.89 bits per heavy atom. The van der Waals surface area contributed by atoms with Crippen LogP contribution in [0, 0.1) is 23.7 Å². The Hall–Kier alpha value is -1.22. The van der Waals surface area contributed by atoms with Gasteiger partial charge in [-0.2, -0.15) is 0 Å². The van der Waals surface area contributed by atoms with E-state index in [0.717, 1.165) is 19.3 Å². The Bertz CT molecular complexity index is 623. The Morgan fingerprint density at radius 1 is 1.11 bits per heavy atom. The highest BCUT2D eigenvalue weighted by atomic mass is 17.3. The van der Waals surface area contributed by atoms with E-state index < -0.39 is 35.9 Å². The minimum Gasteiger partial charge on any atom is -0.481 e. The predicted octanol–water partition coefficient (Wildman–Crippen LogP) is 2.60. The first-order valence-electron chi connectivity index (χ1n) is 9.86. The number of carboxylic acids is 1. The van der Waals surface area contributed by atoms with Crippen molar-refractivity contribution in [3.05, 3.63) is 0 Å². The van der Waals surface area contributed by atoms with Gasteiger partial charge in [0.2, 0.25) is 12.1 Å². The van der Waals surface area contributed by atoms with Gasteiger partial charge in [-0.25, -0.2) is 9.78 Å². The van der Waals surface area contributed by atoms with Crippen LogP contribution in [0.5, 0.6) is 0 Å². The van der Waals surface area contributed by atoms with E-state index >= 15 is 0 Å². The number of hydrogen-bond donors (Lipinski definition) is 1. The standard InChI is InChI=1S/C19H28O8/c1-10-4-5-13-11(2)16(23-15(22)7-6-14(20)21)24-17-19(13)12(10)8-9-18(3,25-17)26-27-19/h10-13,16-17H,4-9H2,1-3H3,(H,20,21)/t10-,11-,12?,13+,16-,17-,18+,19-/m1/s1. The second-order valence-electron chi connectivity index (χ2n) is 8.66. The van der Waals surface area contributed by atoms with Gasteiger partial charge in [0.15, 0.2) is 11.9 Å². The summed E-state index contributed by atoms with van der Waals surface area (Å²) in [7, 11) is 0. The molecule has 152 valence electrons. The lowest BCUT2D eigenvalue weighted by atomic mass is 9.58. The molecule has 4 heterocycles. The molecule has 1 aliphatic carbocycles. The van der Waals surface area contributed by atoms with E-state index in [1.54, 1.807) is 0 Å². The van der Waals surface area contributed by atoms with E-state index in [2.05, 4.69) is 6.92 Å². The van der Waals surface area contributed by atoms with Gasteiger partial charge in [-0.1, -0.05) is 13.8 Å². The van der Waals surface area contributed by atoms with Gasteiger partial charge in [0.1, 0.15) is 0 Å². The molecule has 4 saturated heterocycles. The number of esters is 1. The lowest BCUT2D eigenvalue weighted by molar-refractivity contribution is -0.576. The smallest absolute Gasteiger partial charge is 0.308 e. The first-order chi connectivity index (χ1) is 12.7. The third kappa shape index (κ3) is 3.06. The van der Waals surface area contributed by atoms with Crippen LogP contribution in [0.25, 0.3) is 0 Å². The zero-order chi connectivity index (χ0) is 19.4. The summed E-state index contributed by atoms with van der Waals surface area (Å²) >= 11 is 0. The van der Waals surface area contributed by atoms with Crippen molar-refractivity contribution in [2.75, 3.05) is 0 Å². The molecule has 4 aliphatic heterocycles. The van der Waals surface area contributed by atoms with Crippen LogP contribution in [0.2, 0.25) is 0 Å². The normalized spacial score (nSPS) is 48.4. The van der Waals surface area contributed by atoms with Gasteiger partial charge in [0, 0.05) is 18.3 Å². The molecular weight excluding hydrogens is 356 g/mol. The van der Waals surface area contributed by atoms with Crippen LogP contribution in [-0.2, 0) is 33.6 Å². The summed E-state index contributed by atoms with van der Waals surface area (Å²) in [6.45, 7) is 6.06. The molecule has 8 atom stereocenters. The van der Waals surface area contributed by atoms with Crippen molar-refractivity contribution in [1.29, 1.82) is 0 Å². The molecule has 0 aromatic rings. The summed E-state index contributed by atoms with van der Waals surface area (Å²) in [6.07, 6.45) is 1.72. The third-order valence-electron chi connectivity index (χ3n) is 6.89. The third-order valence-corrected chi connectivity index (χ3v) is 6.89. The highest BCUT2D eigenvalue weighted by Gasteiger charge is 2.69. The largest absolute Gasteiger partial charge is 0.481 e. The molecule has 0 amide bonds. The molecule has 1 saturated carbocycles. The number of carbonyl (C=O) groups excluding carboxylic acids is 1. The van der Waals surface area contributed by atoms with Crippen molar-refractivity contribution in [1.82, 2.24) is 0 Å². The zero-order valence-corrected chi connectivity index (χ0v) is 16.0. The maximum Gasteiger partial charge on any atom is 0.308 e. The summed E-state index contributed by atoms with van der Waals surface area (Å²) in [5, 5.41) is 8.76. The Labute approximate surface area is 158 Å². The van der Waals surface area contributed by atoms with Crippen LogP contribution in [0.3, 0.4) is 0 Å². The van der Waals surface area contributed by atoms with Crippen molar-refractivity contribution in [2.45, 2.75) is 83.3 Å². The number of carboxylic acid groups (broad SMARTS) is 1. The maximum absolute atomic E-state index is 12.1. The molecule has 1 N–H and O–H groups in total. The van der Waals surface area contributed by atoms with E-state index in [1.807, 2.05) is 13.8 Å². The van der Waals surface area contributed by atoms with Gasteiger partial charge in [-0.15, -0.1) is 0 Å². The van der Waals surface area contributed by atoms with Gasteiger partial charge in [0.25, 0.3) is 0 Å². The minimum absolute atomic E-state index is 0.0670. The molecule has 8 nitrogen and oxygen atoms in total. The molecule has 5 rings (SSSR count). The van der Waals surface area contributed by atoms with Gasteiger partial charge in [-0.3, -0.25) is 9.59 Å². The van der Waals surface area contributed by atoms with Crippen molar-refractivity contribution in [3.8, 4) is 0 Å². The van der Waals surface area contributed by atoms with Crippen molar-refractivity contribution in [2.24, 2.45) is 23.7 Å². The monoisotopic (exact) mass is 384 g/mol. The highest BCUT2D eigenvalue weighted by Crippen LogP contribution is 2.60. The summed E-state index contributed by atoms with van der Waals surface area (Å²) in [5.74, 6) is -1.82. The van der Waals surface area contributed by atoms with E-state index in [9.17, 15) is 9.59 Å². The first-order valence-corrected chi connectivity index (χ1v) is 9.86. The molecule has 1 unspecified atom stereocenters. The molecule has 5 fully saturated rings. The van der Waals surface area contributed by atoms with Gasteiger partial charge < -0.3 is 19.3 Å². The van der Waals surface area contributed by atoms with E-state index in [1.165, 1.54) is 0 Å². The number of ether oxygens (including phenoxy) is 3. The predicted molar refractivity (Wildman–Crippen MR) is 89.8 cm³/mol. The van der Waals surface area contributed by atoms with E-state index in [0.29, 0.717) is 12.3 Å². The van der Waals surface area contributed by atoms with Crippen molar-refractivity contribution in [3.63, 3.8) is 0 Å². The lowest BCUT2D eigenvalue weighted by Crippen LogP contribution is -2.70. The highest BCUT2D eigenvalue weighted by molar-refractivity contribution is 5.76. The summed E-state index contributed by atoms with van der Waals surface area (Å²) in [4.78, 5) is 34.5. The molecule has 0 radical (unpaired) electrons. The molecule has 2 bridgehead atoms. The van der Waals surface area contributed by atoms with Crippen molar-refractivity contribution >= 4 is 11.9 Å². The average Bonchev–Trinajstić information content (AvgIpc) is 2.84. The second kappa shape index (κ2) is 6.69. The SMILES string of the molecule is C[C@H]1[C@H](OC(=O)CCC(=O)O)O[C@@H]2O[C@]3(C)CCC4[C@H](C)CC[C@@H]1[C@]42OO3. The van der Waals surface area contributed by atoms with Gasteiger partial charge >= 0.3 is 11.9 Å². The average molecular weight is 384 g/mol. The number of aliphatic carboxylic acids is 1. The van der Waals surface area contributed by atoms with Crippen LogP contribution < -0.4 is 0 Å². The fraction of sp³-hybridized carbons (Fsp3) is 0.895. The number of hydrogen-bond acceptors (Lipinski definition) is 7. The molecular formula is C19H28O8. The van der Waals surface area contributed by atoms with Gasteiger partial charge in [-0.05, 0) is 38.0 Å². The Morgan fingerprint density at radius 3 is 2.63 bits per heavy atom. The van der Waals surface area contributed by atoms with E-state index in [4.69, 9.17) is 29.1 Å². The molecule has 0 aromatic carbocycles. The maximum atomic E-state index is 12.1. The van der Waals surface area contributed by atoms with Crippen LogP contribution in [0.4, 0.5) is 0 Å². The fourth-order valence-electron chi connectivity index (χ4n) is 5.40. The lowest BCUT2D eigenvalue weighted by Gasteiger charge is -2.59. The second-order valence-corrected chi connectivity index (χ2v) is 8.66. The molecule has 1 spiro atoms. The Kier molecular flexibility index (Phi) is 4.73. The quantitative estimate of drug-likeness (QED) is 0.583. The number of rotatable bonds is 4. The number of carbonyl (C=O) groups is 2. The van der Waals surface area contributed by atoms with Crippen molar-refractivity contribution < 1.29 is 38.7 Å². The Balaban J connectivity index is 1.58. The van der Waals surface area contributed by atoms with Crippen LogP contribution >= 0.6 is 0 Å². The molecule has 27 heavy (non-hydrogen) atoms. The molecule has 0 aromatic heterocycles. The van der Waals surface area contributed by atoms with Gasteiger partial charge in [0.05, 0.1) is 12.8 Å². The van der Waals surface area contributed by atoms with Crippen LogP contribution in [0.1, 0.15) is 59.3 Å². The first kappa shape index (κ1) is 19.1. The minimum atomic E-state index is -1.03. The van der Waals surface area contributed by atoms with Crippen LogP contribution in [0.15, 0.2) is 0 Å². The van der Waals surface area contributed by atoms with E-state index in [-0.39, 0.29) is 30.6 Å². The summed E-state index contributed by atoms with van der Waals surface area (Å²) < 4.78 is 17.8. The molecule has 8 heteroatoms. The summed E-state index contributed by atoms with van der Waals surface area (Å²) in [5.41, 5.74) is -0.697. The number of fused-ring (bicyclic) bond motifs is 2. The van der Waals surface area contributed by atoms with Crippen LogP contribution in [-0.4, -0.2) is 41.0 Å². The fourth-order valence-corrected chi connectivity index (χ4v) is 5.40.